The lowest BCUT2D eigenvalue weighted by Gasteiger charge is -2.09. The maximum Gasteiger partial charge on any atom is 0.240 e. The van der Waals surface area contributed by atoms with Crippen molar-refractivity contribution in [2.24, 2.45) is 0 Å². The molecule has 0 bridgehead atoms. The fourth-order valence-electron chi connectivity index (χ4n) is 1.86. The lowest BCUT2D eigenvalue weighted by Crippen LogP contribution is -2.25. The van der Waals surface area contributed by atoms with E-state index in [2.05, 4.69) is 28.1 Å². The molecule has 1 heterocycles. The quantitative estimate of drug-likeness (QED) is 0.531. The van der Waals surface area contributed by atoms with Crippen LogP contribution in [-0.2, 0) is 23.1 Å². The average Bonchev–Trinajstić information content (AvgIpc) is 2.94. The molecule has 24 heavy (non-hydrogen) atoms. The maximum absolute atomic E-state index is 12.3. The molecule has 0 aliphatic carbocycles. The molecule has 2 aromatic rings. The van der Waals surface area contributed by atoms with E-state index in [1.54, 1.807) is 12.2 Å². The highest BCUT2D eigenvalue weighted by molar-refractivity contribution is 7.99. The second-order valence-corrected chi connectivity index (χ2v) is 7.87. The number of thioether (sulfide) groups is 1. The fraction of sp³-hybridized carbons (Fsp3) is 0.200. The largest absolute Gasteiger partial charge is 0.301 e. The molecule has 0 radical (unpaired) electrons. The Balaban J connectivity index is 2.15. The number of nitrogens with one attached hydrogen (secondary N) is 1. The van der Waals surface area contributed by atoms with Crippen LogP contribution in [0.1, 0.15) is 5.82 Å². The molecule has 0 aliphatic heterocycles. The molecule has 0 unspecified atom stereocenters. The van der Waals surface area contributed by atoms with Crippen LogP contribution in [0.2, 0.25) is 5.02 Å². The summed E-state index contributed by atoms with van der Waals surface area (Å²) in [6.45, 7) is 7.89. The first-order valence-electron chi connectivity index (χ1n) is 7.00. The monoisotopic (exact) mass is 384 g/mol. The SMILES string of the molecule is C=CCSc1nnc(CNS(=O)(=O)c2ccc(Cl)cc2)n1CC=C. The molecule has 128 valence electrons. The number of allylic oxidation sites excluding steroid dienone is 1. The third kappa shape index (κ3) is 4.70. The summed E-state index contributed by atoms with van der Waals surface area (Å²) in [6, 6.07) is 5.95. The van der Waals surface area contributed by atoms with Gasteiger partial charge in [0.2, 0.25) is 10.0 Å². The minimum Gasteiger partial charge on any atom is -0.301 e. The van der Waals surface area contributed by atoms with Crippen molar-refractivity contribution in [1.29, 1.82) is 0 Å². The number of hydrogen-bond acceptors (Lipinski definition) is 5. The standard InChI is InChI=1S/C15H17ClN4O2S2/c1-3-9-20-14(18-19-15(20)23-10-4-2)11-17-24(21,22)13-7-5-12(16)6-8-13/h3-8,17H,1-2,9-11H2. The first kappa shape index (κ1) is 18.7. The van der Waals surface area contributed by atoms with Gasteiger partial charge in [-0.2, -0.15) is 0 Å². The van der Waals surface area contributed by atoms with Crippen molar-refractivity contribution in [2.45, 2.75) is 23.1 Å². The van der Waals surface area contributed by atoms with Gasteiger partial charge in [-0.25, -0.2) is 13.1 Å². The van der Waals surface area contributed by atoms with Crippen LogP contribution < -0.4 is 4.72 Å². The fourth-order valence-corrected chi connectivity index (χ4v) is 3.67. The highest BCUT2D eigenvalue weighted by Crippen LogP contribution is 2.18. The van der Waals surface area contributed by atoms with E-state index in [1.165, 1.54) is 36.0 Å². The van der Waals surface area contributed by atoms with Crippen LogP contribution in [-0.4, -0.2) is 28.9 Å². The van der Waals surface area contributed by atoms with Gasteiger partial charge < -0.3 is 4.57 Å². The molecule has 9 heteroatoms. The molecule has 1 aromatic heterocycles. The summed E-state index contributed by atoms with van der Waals surface area (Å²) in [5.74, 6) is 1.20. The van der Waals surface area contributed by atoms with Crippen molar-refractivity contribution < 1.29 is 8.42 Å². The van der Waals surface area contributed by atoms with E-state index in [0.29, 0.717) is 28.3 Å². The zero-order chi connectivity index (χ0) is 17.6. The molecule has 0 fully saturated rings. The van der Waals surface area contributed by atoms with Gasteiger partial charge in [0, 0.05) is 17.3 Å². The Kier molecular flexibility index (Phi) is 6.61. The van der Waals surface area contributed by atoms with E-state index < -0.39 is 10.0 Å². The summed E-state index contributed by atoms with van der Waals surface area (Å²) in [5.41, 5.74) is 0. The maximum atomic E-state index is 12.3. The summed E-state index contributed by atoms with van der Waals surface area (Å²) in [7, 11) is -3.65. The van der Waals surface area contributed by atoms with Gasteiger partial charge in [0.1, 0.15) is 5.82 Å². The first-order valence-corrected chi connectivity index (χ1v) is 9.84. The lowest BCUT2D eigenvalue weighted by molar-refractivity contribution is 0.574. The van der Waals surface area contributed by atoms with Crippen LogP contribution in [0.25, 0.3) is 0 Å². The molecular formula is C15H17ClN4O2S2. The Morgan fingerprint density at radius 3 is 2.54 bits per heavy atom. The zero-order valence-corrected chi connectivity index (χ0v) is 15.2. The number of rotatable bonds is 9. The molecular weight excluding hydrogens is 368 g/mol. The molecule has 1 aromatic carbocycles. The van der Waals surface area contributed by atoms with Crippen molar-refractivity contribution in [3.8, 4) is 0 Å². The Morgan fingerprint density at radius 1 is 1.21 bits per heavy atom. The van der Waals surface area contributed by atoms with Crippen LogP contribution in [0, 0.1) is 0 Å². The van der Waals surface area contributed by atoms with Gasteiger partial charge in [-0.05, 0) is 24.3 Å². The second kappa shape index (κ2) is 8.48. The van der Waals surface area contributed by atoms with Gasteiger partial charge in [0.15, 0.2) is 5.16 Å². The van der Waals surface area contributed by atoms with Crippen molar-refractivity contribution in [1.82, 2.24) is 19.5 Å². The molecule has 0 atom stereocenters. The Bertz CT molecular complexity index is 816. The molecule has 0 aliphatic rings. The minimum atomic E-state index is -3.65. The van der Waals surface area contributed by atoms with Crippen LogP contribution in [0.3, 0.4) is 0 Å². The molecule has 0 saturated carbocycles. The summed E-state index contributed by atoms with van der Waals surface area (Å²) < 4.78 is 29.0. The Hall–Kier alpha value is -1.61. The molecule has 0 amide bonds. The summed E-state index contributed by atoms with van der Waals surface area (Å²) >= 11 is 7.25. The highest BCUT2D eigenvalue weighted by Gasteiger charge is 2.17. The van der Waals surface area contributed by atoms with Crippen molar-refractivity contribution in [2.75, 3.05) is 5.75 Å². The molecule has 0 saturated heterocycles. The van der Waals surface area contributed by atoms with Crippen LogP contribution in [0.4, 0.5) is 0 Å². The number of aromatic nitrogens is 3. The zero-order valence-electron chi connectivity index (χ0n) is 12.9. The van der Waals surface area contributed by atoms with E-state index in [4.69, 9.17) is 11.6 Å². The summed E-state index contributed by atoms with van der Waals surface area (Å²) in [4.78, 5) is 0.142. The van der Waals surface area contributed by atoms with Crippen LogP contribution >= 0.6 is 23.4 Å². The number of sulfonamides is 1. The van der Waals surface area contributed by atoms with Gasteiger partial charge in [-0.1, -0.05) is 35.5 Å². The molecule has 0 spiro atoms. The third-order valence-corrected chi connectivity index (χ3v) is 5.61. The van der Waals surface area contributed by atoms with Crippen LogP contribution in [0.5, 0.6) is 0 Å². The van der Waals surface area contributed by atoms with Crippen molar-refractivity contribution in [3.63, 3.8) is 0 Å². The van der Waals surface area contributed by atoms with Crippen LogP contribution in [0.15, 0.2) is 59.6 Å². The van der Waals surface area contributed by atoms with Gasteiger partial charge in [-0.3, -0.25) is 0 Å². The molecule has 1 N–H and O–H groups in total. The number of halogens is 1. The van der Waals surface area contributed by atoms with E-state index in [-0.39, 0.29) is 11.4 Å². The summed E-state index contributed by atoms with van der Waals surface area (Å²) in [6.07, 6.45) is 3.47. The predicted molar refractivity (Wildman–Crippen MR) is 96.6 cm³/mol. The van der Waals surface area contributed by atoms with Gasteiger partial charge in [0.05, 0.1) is 11.4 Å². The van der Waals surface area contributed by atoms with Crippen molar-refractivity contribution in [3.05, 3.63) is 60.4 Å². The Labute approximate surface area is 150 Å². The van der Waals surface area contributed by atoms with E-state index in [1.807, 2.05) is 4.57 Å². The van der Waals surface area contributed by atoms with E-state index in [9.17, 15) is 8.42 Å². The molecule has 6 nitrogen and oxygen atoms in total. The smallest absolute Gasteiger partial charge is 0.240 e. The van der Waals surface area contributed by atoms with Crippen molar-refractivity contribution >= 4 is 33.4 Å². The highest BCUT2D eigenvalue weighted by atomic mass is 35.5. The first-order chi connectivity index (χ1) is 11.5. The second-order valence-electron chi connectivity index (χ2n) is 4.68. The number of hydrogen-bond donors (Lipinski definition) is 1. The summed E-state index contributed by atoms with van der Waals surface area (Å²) in [5, 5.41) is 9.31. The molecule has 2 rings (SSSR count). The van der Waals surface area contributed by atoms with E-state index >= 15 is 0 Å². The van der Waals surface area contributed by atoms with E-state index in [0.717, 1.165) is 0 Å². The lowest BCUT2D eigenvalue weighted by atomic mass is 10.4. The Morgan fingerprint density at radius 2 is 1.92 bits per heavy atom. The number of benzene rings is 1. The van der Waals surface area contributed by atoms with Gasteiger partial charge in [0.25, 0.3) is 0 Å². The number of nitrogens with zero attached hydrogens (tertiary/aromatic N) is 3. The van der Waals surface area contributed by atoms with Gasteiger partial charge in [-0.15, -0.1) is 23.4 Å². The average molecular weight is 385 g/mol. The third-order valence-electron chi connectivity index (χ3n) is 2.98. The minimum absolute atomic E-state index is 0.0282. The predicted octanol–water partition coefficient (Wildman–Crippen LogP) is 2.87. The normalized spacial score (nSPS) is 11.4. The van der Waals surface area contributed by atoms with Gasteiger partial charge >= 0.3 is 0 Å². The topological polar surface area (TPSA) is 76.9 Å².